The largest absolute Gasteiger partial charge is 0.489 e. The van der Waals surface area contributed by atoms with E-state index in [0.717, 1.165) is 16.8 Å². The maximum absolute atomic E-state index is 6.00. The van der Waals surface area contributed by atoms with Crippen molar-refractivity contribution in [3.63, 3.8) is 0 Å². The molecule has 0 saturated heterocycles. The van der Waals surface area contributed by atoms with Gasteiger partial charge in [0.15, 0.2) is 0 Å². The molecule has 1 unspecified atom stereocenters. The number of fused-ring (bicyclic) bond motifs is 1. The summed E-state index contributed by atoms with van der Waals surface area (Å²) < 4.78 is 13.0. The Hall–Kier alpha value is -1.75. The number of nitrogen functional groups attached to an aromatic ring is 1. The molecule has 0 aliphatic carbocycles. The summed E-state index contributed by atoms with van der Waals surface area (Å²) in [6.45, 7) is 6.65. The fourth-order valence-corrected chi connectivity index (χ4v) is 2.01. The van der Waals surface area contributed by atoms with Crippen LogP contribution in [0.2, 0.25) is 0 Å². The van der Waals surface area contributed by atoms with Crippen LogP contribution in [-0.4, -0.2) is 28.9 Å². The summed E-state index contributed by atoms with van der Waals surface area (Å²) in [6.07, 6.45) is 0.184. The Kier molecular flexibility index (Phi) is 3.95. The van der Waals surface area contributed by atoms with E-state index in [1.54, 1.807) is 7.11 Å². The second-order valence-electron chi connectivity index (χ2n) is 4.92. The van der Waals surface area contributed by atoms with E-state index in [9.17, 15) is 0 Å². The highest BCUT2D eigenvalue weighted by molar-refractivity contribution is 5.84. The Labute approximate surface area is 113 Å². The van der Waals surface area contributed by atoms with Crippen molar-refractivity contribution in [1.29, 1.82) is 0 Å². The van der Waals surface area contributed by atoms with Crippen LogP contribution in [0.25, 0.3) is 11.0 Å². The molecule has 0 fully saturated rings. The van der Waals surface area contributed by atoms with E-state index in [1.165, 1.54) is 0 Å². The van der Waals surface area contributed by atoms with Crippen molar-refractivity contribution in [3.05, 3.63) is 18.2 Å². The predicted octanol–water partition coefficient (Wildman–Crippen LogP) is 2.44. The third kappa shape index (κ3) is 2.81. The molecule has 0 spiro atoms. The first-order valence-corrected chi connectivity index (χ1v) is 6.47. The Morgan fingerprint density at radius 1 is 1.32 bits per heavy atom. The molecule has 2 N–H and O–H groups in total. The van der Waals surface area contributed by atoms with Crippen molar-refractivity contribution in [2.75, 3.05) is 12.8 Å². The van der Waals surface area contributed by atoms with Crippen molar-refractivity contribution < 1.29 is 9.47 Å². The Balaban J connectivity index is 2.46. The van der Waals surface area contributed by atoms with E-state index < -0.39 is 0 Å². The zero-order valence-electron chi connectivity index (χ0n) is 11.9. The van der Waals surface area contributed by atoms with Crippen LogP contribution in [0.15, 0.2) is 18.2 Å². The Bertz CT molecular complexity index is 563. The zero-order valence-corrected chi connectivity index (χ0v) is 11.9. The van der Waals surface area contributed by atoms with Crippen molar-refractivity contribution in [2.45, 2.75) is 39.5 Å². The number of para-hydroxylation sites is 1. The summed E-state index contributed by atoms with van der Waals surface area (Å²) in [4.78, 5) is 4.41. The van der Waals surface area contributed by atoms with Gasteiger partial charge in [-0.2, -0.15) is 0 Å². The van der Waals surface area contributed by atoms with E-state index in [-0.39, 0.29) is 12.2 Å². The van der Waals surface area contributed by atoms with Gasteiger partial charge in [-0.3, -0.25) is 0 Å². The fourth-order valence-electron chi connectivity index (χ4n) is 2.01. The number of ether oxygens (including phenoxy) is 2. The topological polar surface area (TPSA) is 62.3 Å². The molecule has 0 aliphatic heterocycles. The lowest BCUT2D eigenvalue weighted by atomic mass is 10.2. The lowest BCUT2D eigenvalue weighted by Gasteiger charge is -2.13. The smallest absolute Gasteiger partial charge is 0.201 e. The molecule has 2 rings (SSSR count). The van der Waals surface area contributed by atoms with Gasteiger partial charge in [0.2, 0.25) is 5.95 Å². The Morgan fingerprint density at radius 3 is 2.68 bits per heavy atom. The average molecular weight is 263 g/mol. The van der Waals surface area contributed by atoms with Crippen LogP contribution in [0.4, 0.5) is 5.95 Å². The van der Waals surface area contributed by atoms with Gasteiger partial charge in [0.1, 0.15) is 11.3 Å². The molecule has 0 saturated carbocycles. The van der Waals surface area contributed by atoms with Gasteiger partial charge in [-0.15, -0.1) is 0 Å². The highest BCUT2D eigenvalue weighted by Gasteiger charge is 2.14. The molecule has 0 amide bonds. The lowest BCUT2D eigenvalue weighted by molar-refractivity contribution is 0.105. The SMILES string of the molecule is COC(C)Cn1c(N)nc2c(OC(C)C)cccc21. The van der Waals surface area contributed by atoms with E-state index in [2.05, 4.69) is 4.98 Å². The normalized spacial score (nSPS) is 13.1. The number of imidazole rings is 1. The highest BCUT2D eigenvalue weighted by atomic mass is 16.5. The zero-order chi connectivity index (χ0) is 14.0. The van der Waals surface area contributed by atoms with Crippen molar-refractivity contribution in [1.82, 2.24) is 9.55 Å². The summed E-state index contributed by atoms with van der Waals surface area (Å²) in [7, 11) is 1.69. The minimum Gasteiger partial charge on any atom is -0.489 e. The molecule has 1 aromatic carbocycles. The number of rotatable bonds is 5. The maximum atomic E-state index is 6.00. The molecule has 5 nitrogen and oxygen atoms in total. The van der Waals surface area contributed by atoms with Crippen molar-refractivity contribution in [2.24, 2.45) is 0 Å². The summed E-state index contributed by atoms with van der Waals surface area (Å²) in [5.41, 5.74) is 7.77. The molecule has 0 bridgehead atoms. The van der Waals surface area contributed by atoms with Crippen molar-refractivity contribution >= 4 is 17.0 Å². The monoisotopic (exact) mass is 263 g/mol. The predicted molar refractivity (Wildman–Crippen MR) is 76.4 cm³/mol. The van der Waals surface area contributed by atoms with E-state index in [1.807, 2.05) is 43.5 Å². The molecule has 0 aliphatic rings. The van der Waals surface area contributed by atoms with Gasteiger partial charge in [-0.25, -0.2) is 4.98 Å². The maximum Gasteiger partial charge on any atom is 0.201 e. The highest BCUT2D eigenvalue weighted by Crippen LogP contribution is 2.28. The first kappa shape index (κ1) is 13.7. The second-order valence-corrected chi connectivity index (χ2v) is 4.92. The van der Waals surface area contributed by atoms with Crippen LogP contribution in [0.3, 0.4) is 0 Å². The molecule has 19 heavy (non-hydrogen) atoms. The Morgan fingerprint density at radius 2 is 2.05 bits per heavy atom. The number of aromatic nitrogens is 2. The van der Waals surface area contributed by atoms with Gasteiger partial charge in [0, 0.05) is 7.11 Å². The first-order chi connectivity index (χ1) is 9.02. The molecule has 5 heteroatoms. The average Bonchev–Trinajstić information content (AvgIpc) is 2.67. The summed E-state index contributed by atoms with van der Waals surface area (Å²) in [5, 5.41) is 0. The van der Waals surface area contributed by atoms with Crippen LogP contribution >= 0.6 is 0 Å². The number of hydrogen-bond donors (Lipinski definition) is 1. The van der Waals surface area contributed by atoms with Crippen LogP contribution in [0, 0.1) is 0 Å². The number of nitrogens with zero attached hydrogens (tertiary/aromatic N) is 2. The molecule has 0 radical (unpaired) electrons. The number of nitrogens with two attached hydrogens (primary N) is 1. The first-order valence-electron chi connectivity index (χ1n) is 6.47. The molecular weight excluding hydrogens is 242 g/mol. The number of methoxy groups -OCH3 is 1. The molecule has 2 aromatic rings. The second kappa shape index (κ2) is 5.48. The molecule has 1 aromatic heterocycles. The van der Waals surface area contributed by atoms with Crippen LogP contribution < -0.4 is 10.5 Å². The third-order valence-corrected chi connectivity index (χ3v) is 2.98. The number of benzene rings is 1. The minimum atomic E-state index is 0.0781. The third-order valence-electron chi connectivity index (χ3n) is 2.98. The van der Waals surface area contributed by atoms with Crippen LogP contribution in [0.1, 0.15) is 20.8 Å². The molecule has 104 valence electrons. The lowest BCUT2D eigenvalue weighted by Crippen LogP contribution is -2.16. The van der Waals surface area contributed by atoms with Gasteiger partial charge in [-0.1, -0.05) is 6.07 Å². The molecule has 1 atom stereocenters. The fraction of sp³-hybridized carbons (Fsp3) is 0.500. The van der Waals surface area contributed by atoms with Crippen molar-refractivity contribution in [3.8, 4) is 5.75 Å². The van der Waals surface area contributed by atoms with Crippen LogP contribution in [-0.2, 0) is 11.3 Å². The van der Waals surface area contributed by atoms with E-state index in [4.69, 9.17) is 15.2 Å². The van der Waals surface area contributed by atoms with E-state index >= 15 is 0 Å². The van der Waals surface area contributed by atoms with Gasteiger partial charge in [0.25, 0.3) is 0 Å². The van der Waals surface area contributed by atoms with E-state index in [0.29, 0.717) is 12.5 Å². The minimum absolute atomic E-state index is 0.0781. The van der Waals surface area contributed by atoms with Gasteiger partial charge in [-0.05, 0) is 32.9 Å². The van der Waals surface area contributed by atoms with Crippen LogP contribution in [0.5, 0.6) is 5.75 Å². The summed E-state index contributed by atoms with van der Waals surface area (Å²) >= 11 is 0. The van der Waals surface area contributed by atoms with Gasteiger partial charge in [0.05, 0.1) is 24.3 Å². The molecular formula is C14H21N3O2. The number of anilines is 1. The summed E-state index contributed by atoms with van der Waals surface area (Å²) in [6, 6.07) is 5.86. The molecule has 1 heterocycles. The standard InChI is InChI=1S/C14H21N3O2/c1-9(2)19-12-7-5-6-11-13(12)16-14(15)17(11)8-10(3)18-4/h5-7,9-10H,8H2,1-4H3,(H2,15,16). The number of hydrogen-bond acceptors (Lipinski definition) is 4. The summed E-state index contributed by atoms with van der Waals surface area (Å²) in [5.74, 6) is 1.25. The quantitative estimate of drug-likeness (QED) is 0.900. The van der Waals surface area contributed by atoms with Gasteiger partial charge < -0.3 is 19.8 Å². The van der Waals surface area contributed by atoms with Gasteiger partial charge >= 0.3 is 0 Å².